The number of nitrogens with one attached hydrogen (secondary N) is 1. The number of oxazole rings is 1. The predicted octanol–water partition coefficient (Wildman–Crippen LogP) is 4.09. The Morgan fingerprint density at radius 2 is 1.96 bits per heavy atom. The zero-order valence-electron chi connectivity index (χ0n) is 12.9. The quantitative estimate of drug-likeness (QED) is 0.566. The molecule has 1 N–H and O–H groups in total. The van der Waals surface area contributed by atoms with Crippen molar-refractivity contribution in [3.8, 4) is 17.6 Å². The molecule has 6 heteroatoms. The Morgan fingerprint density at radius 1 is 1.17 bits per heavy atom. The van der Waals surface area contributed by atoms with E-state index in [9.17, 15) is 0 Å². The highest BCUT2D eigenvalue weighted by Crippen LogP contribution is 2.21. The molecular formula is C18H14N4O2. The molecule has 0 spiro atoms. The number of benzene rings is 2. The summed E-state index contributed by atoms with van der Waals surface area (Å²) in [5.74, 6) is 2.10. The third-order valence-corrected chi connectivity index (χ3v) is 3.06. The summed E-state index contributed by atoms with van der Waals surface area (Å²) in [6.07, 6.45) is 1.61. The van der Waals surface area contributed by atoms with Crippen molar-refractivity contribution >= 4 is 12.1 Å². The second kappa shape index (κ2) is 7.11. The van der Waals surface area contributed by atoms with E-state index >= 15 is 0 Å². The Balaban J connectivity index is 1.69. The number of ether oxygens (including phenoxy) is 1. The molecule has 0 unspecified atom stereocenters. The van der Waals surface area contributed by atoms with Gasteiger partial charge in [-0.15, -0.1) is 0 Å². The second-order valence-electron chi connectivity index (χ2n) is 4.88. The third-order valence-electron chi connectivity index (χ3n) is 3.06. The van der Waals surface area contributed by atoms with Gasteiger partial charge in [0.15, 0.2) is 5.89 Å². The van der Waals surface area contributed by atoms with E-state index in [0.29, 0.717) is 11.6 Å². The van der Waals surface area contributed by atoms with Crippen molar-refractivity contribution in [1.82, 2.24) is 4.98 Å². The van der Waals surface area contributed by atoms with Gasteiger partial charge in [0.25, 0.3) is 5.88 Å². The standard InChI is InChI=1S/C18H14N4O2/c1-13-21-17(11-19)18(23-13)22-20-12-14-6-5-9-16(10-14)24-15-7-3-2-4-8-15/h2-10,12,22H,1H3. The van der Waals surface area contributed by atoms with Gasteiger partial charge in [0.05, 0.1) is 6.21 Å². The van der Waals surface area contributed by atoms with E-state index < -0.39 is 0 Å². The average molecular weight is 318 g/mol. The molecule has 0 aliphatic heterocycles. The number of para-hydroxylation sites is 1. The monoisotopic (exact) mass is 318 g/mol. The van der Waals surface area contributed by atoms with Crippen LogP contribution < -0.4 is 10.2 Å². The summed E-state index contributed by atoms with van der Waals surface area (Å²) in [6.45, 7) is 1.67. The van der Waals surface area contributed by atoms with Crippen molar-refractivity contribution in [1.29, 1.82) is 5.26 Å². The number of nitriles is 1. The van der Waals surface area contributed by atoms with E-state index in [4.69, 9.17) is 14.4 Å². The average Bonchev–Trinajstić information content (AvgIpc) is 2.96. The van der Waals surface area contributed by atoms with Gasteiger partial charge in [-0.25, -0.2) is 10.4 Å². The molecule has 0 saturated carbocycles. The van der Waals surface area contributed by atoms with E-state index in [0.717, 1.165) is 11.3 Å². The fraction of sp³-hybridized carbons (Fsp3) is 0.0556. The van der Waals surface area contributed by atoms with Crippen LogP contribution in [-0.2, 0) is 0 Å². The summed E-state index contributed by atoms with van der Waals surface area (Å²) in [5, 5.41) is 13.0. The van der Waals surface area contributed by atoms with Crippen molar-refractivity contribution in [2.45, 2.75) is 6.92 Å². The molecule has 2 aromatic carbocycles. The zero-order chi connectivity index (χ0) is 16.8. The first-order valence-corrected chi connectivity index (χ1v) is 7.24. The number of nitrogens with zero attached hydrogens (tertiary/aromatic N) is 3. The predicted molar refractivity (Wildman–Crippen MR) is 90.1 cm³/mol. The van der Waals surface area contributed by atoms with Gasteiger partial charge in [-0.2, -0.15) is 10.4 Å². The number of rotatable bonds is 5. The normalized spacial score (nSPS) is 10.5. The Hall–Kier alpha value is -3.59. The molecule has 0 saturated heterocycles. The maximum absolute atomic E-state index is 8.94. The number of aromatic nitrogens is 1. The van der Waals surface area contributed by atoms with E-state index in [1.807, 2.05) is 60.7 Å². The topological polar surface area (TPSA) is 83.4 Å². The molecule has 0 aliphatic rings. The van der Waals surface area contributed by atoms with Crippen LogP contribution in [0.5, 0.6) is 11.5 Å². The fourth-order valence-corrected chi connectivity index (χ4v) is 2.03. The highest BCUT2D eigenvalue weighted by atomic mass is 16.5. The molecule has 0 fully saturated rings. The van der Waals surface area contributed by atoms with Gasteiger partial charge in [-0.3, -0.25) is 0 Å². The lowest BCUT2D eigenvalue weighted by molar-refractivity contribution is 0.482. The first-order chi connectivity index (χ1) is 11.7. The number of hydrogen-bond acceptors (Lipinski definition) is 6. The Morgan fingerprint density at radius 3 is 2.75 bits per heavy atom. The first kappa shape index (κ1) is 15.3. The zero-order valence-corrected chi connectivity index (χ0v) is 12.9. The van der Waals surface area contributed by atoms with Crippen molar-refractivity contribution in [3.63, 3.8) is 0 Å². The molecular weight excluding hydrogens is 304 g/mol. The highest BCUT2D eigenvalue weighted by molar-refractivity contribution is 5.80. The minimum absolute atomic E-state index is 0.172. The minimum Gasteiger partial charge on any atom is -0.457 e. The number of hydrazone groups is 1. The van der Waals surface area contributed by atoms with Gasteiger partial charge in [-0.05, 0) is 29.8 Å². The highest BCUT2D eigenvalue weighted by Gasteiger charge is 2.08. The molecule has 24 heavy (non-hydrogen) atoms. The van der Waals surface area contributed by atoms with Crippen LogP contribution in [0, 0.1) is 18.3 Å². The van der Waals surface area contributed by atoms with Crippen molar-refractivity contribution in [2.24, 2.45) is 5.10 Å². The lowest BCUT2D eigenvalue weighted by atomic mass is 10.2. The molecule has 0 atom stereocenters. The second-order valence-corrected chi connectivity index (χ2v) is 4.88. The number of aryl methyl sites for hydroxylation is 1. The summed E-state index contributed by atoms with van der Waals surface area (Å²) < 4.78 is 11.0. The summed E-state index contributed by atoms with van der Waals surface area (Å²) in [7, 11) is 0. The van der Waals surface area contributed by atoms with Crippen LogP contribution >= 0.6 is 0 Å². The van der Waals surface area contributed by atoms with E-state index in [1.54, 1.807) is 13.1 Å². The van der Waals surface area contributed by atoms with Gasteiger partial charge in [0.1, 0.15) is 17.6 Å². The largest absolute Gasteiger partial charge is 0.457 e. The maximum atomic E-state index is 8.94. The van der Waals surface area contributed by atoms with Gasteiger partial charge in [0.2, 0.25) is 5.69 Å². The van der Waals surface area contributed by atoms with Gasteiger partial charge < -0.3 is 9.15 Å². The van der Waals surface area contributed by atoms with Crippen molar-refractivity contribution in [2.75, 3.05) is 5.43 Å². The molecule has 1 heterocycles. The van der Waals surface area contributed by atoms with E-state index in [-0.39, 0.29) is 11.6 Å². The molecule has 0 aliphatic carbocycles. The Kier molecular flexibility index (Phi) is 4.54. The lowest BCUT2D eigenvalue weighted by Crippen LogP contribution is -1.92. The van der Waals surface area contributed by atoms with Gasteiger partial charge in [-0.1, -0.05) is 30.3 Å². The first-order valence-electron chi connectivity index (χ1n) is 7.24. The molecule has 0 amide bonds. The van der Waals surface area contributed by atoms with Crippen LogP contribution in [0.3, 0.4) is 0 Å². The summed E-state index contributed by atoms with van der Waals surface area (Å²) >= 11 is 0. The van der Waals surface area contributed by atoms with E-state index in [1.165, 1.54) is 0 Å². The summed E-state index contributed by atoms with van der Waals surface area (Å²) in [5.41, 5.74) is 3.69. The fourth-order valence-electron chi connectivity index (χ4n) is 2.03. The third kappa shape index (κ3) is 3.78. The minimum atomic E-state index is 0.172. The molecule has 3 aromatic rings. The van der Waals surface area contributed by atoms with Gasteiger partial charge in [0, 0.05) is 6.92 Å². The molecule has 0 bridgehead atoms. The van der Waals surface area contributed by atoms with Crippen LogP contribution in [0.4, 0.5) is 5.88 Å². The number of anilines is 1. The van der Waals surface area contributed by atoms with Crippen LogP contribution in [0.25, 0.3) is 0 Å². The molecule has 0 radical (unpaired) electrons. The number of hydrogen-bond donors (Lipinski definition) is 1. The molecule has 3 rings (SSSR count). The Bertz CT molecular complexity index is 895. The molecule has 6 nitrogen and oxygen atoms in total. The van der Waals surface area contributed by atoms with Crippen LogP contribution in [0.2, 0.25) is 0 Å². The lowest BCUT2D eigenvalue weighted by Gasteiger charge is -2.05. The van der Waals surface area contributed by atoms with E-state index in [2.05, 4.69) is 15.5 Å². The smallest absolute Gasteiger partial charge is 0.252 e. The van der Waals surface area contributed by atoms with Crippen LogP contribution in [0.15, 0.2) is 64.1 Å². The molecule has 1 aromatic heterocycles. The van der Waals surface area contributed by atoms with Crippen LogP contribution in [-0.4, -0.2) is 11.2 Å². The Labute approximate surface area is 139 Å². The van der Waals surface area contributed by atoms with Crippen molar-refractivity contribution < 1.29 is 9.15 Å². The SMILES string of the molecule is Cc1nc(C#N)c(NN=Cc2cccc(Oc3ccccc3)c2)o1. The maximum Gasteiger partial charge on any atom is 0.252 e. The summed E-state index contributed by atoms with van der Waals surface area (Å²) in [4.78, 5) is 3.93. The molecule has 118 valence electrons. The van der Waals surface area contributed by atoms with Crippen molar-refractivity contribution in [3.05, 3.63) is 71.7 Å². The summed E-state index contributed by atoms with van der Waals surface area (Å²) in [6, 6.07) is 19.0. The van der Waals surface area contributed by atoms with Crippen LogP contribution in [0.1, 0.15) is 17.1 Å². The van der Waals surface area contributed by atoms with Gasteiger partial charge >= 0.3 is 0 Å².